The van der Waals surface area contributed by atoms with Gasteiger partial charge in [0, 0.05) is 30.1 Å². The summed E-state index contributed by atoms with van der Waals surface area (Å²) >= 11 is 0. The highest BCUT2D eigenvalue weighted by molar-refractivity contribution is 7.88. The van der Waals surface area contributed by atoms with E-state index in [1.807, 2.05) is 54.6 Å². The maximum Gasteiger partial charge on any atom is 0.407 e. The van der Waals surface area contributed by atoms with Crippen LogP contribution in [0, 0.1) is 5.41 Å². The number of amides is 3. The second-order valence-corrected chi connectivity index (χ2v) is 20.1. The van der Waals surface area contributed by atoms with Crippen LogP contribution in [0.5, 0.6) is 5.75 Å². The summed E-state index contributed by atoms with van der Waals surface area (Å²) in [4.78, 5) is 57.0. The molecular weight excluding hydrogens is 874 g/mol. The number of para-hydroxylation sites is 1. The summed E-state index contributed by atoms with van der Waals surface area (Å²) in [5, 5.41) is 42.4. The van der Waals surface area contributed by atoms with Crippen LogP contribution in [-0.4, -0.2) is 89.1 Å². The molecule has 1 saturated carbocycles. The minimum Gasteiger partial charge on any atom is -0.508 e. The number of aliphatic carboxylic acids is 1. The van der Waals surface area contributed by atoms with E-state index in [1.54, 1.807) is 36.5 Å². The SMILES string of the molecule is CS(=O)(=O)N[C@@H](CCCCNC(=O)OCc1ccccc1)C(=O)N[C@@](O)([C@@H](c1ccccc1)c1ccc(O)cc1)[P+](=O)CC1(C(=O)N[C@@H](Cc2c[nH]c3ccccc23)C(=O)O)CCCC1. The zero-order valence-corrected chi connectivity index (χ0v) is 37.7. The molecule has 4 aromatic carbocycles. The summed E-state index contributed by atoms with van der Waals surface area (Å²) in [6.45, 7) is 0.204. The molecule has 1 fully saturated rings. The van der Waals surface area contributed by atoms with Gasteiger partial charge in [-0.1, -0.05) is 108 Å². The van der Waals surface area contributed by atoms with E-state index >= 15 is 4.57 Å². The van der Waals surface area contributed by atoms with E-state index < -0.39 is 76.7 Å². The number of hydrogen-bond donors (Lipinski definition) is 8. The number of H-pyrrole nitrogens is 1. The number of aromatic amines is 1. The van der Waals surface area contributed by atoms with Gasteiger partial charge in [0.05, 0.1) is 11.7 Å². The molecule has 8 N–H and O–H groups in total. The number of phenols is 1. The van der Waals surface area contributed by atoms with Gasteiger partial charge in [0.2, 0.25) is 21.8 Å². The number of carbonyl (C=O) groups is 4. The molecule has 65 heavy (non-hydrogen) atoms. The van der Waals surface area contributed by atoms with Crippen LogP contribution in [0.4, 0.5) is 4.79 Å². The number of aliphatic hydroxyl groups is 1. The second-order valence-electron chi connectivity index (χ2n) is 16.5. The van der Waals surface area contributed by atoms with Crippen LogP contribution in [0.15, 0.2) is 115 Å². The Kier molecular flexibility index (Phi) is 16.1. The minimum absolute atomic E-state index is 0.0483. The van der Waals surface area contributed by atoms with Gasteiger partial charge in [-0.15, -0.1) is 0 Å². The van der Waals surface area contributed by atoms with Crippen molar-refractivity contribution in [2.45, 2.75) is 81.4 Å². The van der Waals surface area contributed by atoms with E-state index in [1.165, 1.54) is 24.3 Å². The van der Waals surface area contributed by atoms with Gasteiger partial charge in [-0.25, -0.2) is 22.7 Å². The van der Waals surface area contributed by atoms with Gasteiger partial charge in [-0.3, -0.25) is 14.9 Å². The summed E-state index contributed by atoms with van der Waals surface area (Å²) in [6, 6.07) is 27.8. The second kappa shape index (κ2) is 21.7. The van der Waals surface area contributed by atoms with Gasteiger partial charge >= 0.3 is 25.3 Å². The summed E-state index contributed by atoms with van der Waals surface area (Å²) in [7, 11) is -7.13. The minimum atomic E-state index is -4.04. The standard InChI is InChI=1S/C47H54N5O11PS/c1-65(61,62)52-39(20-10-13-27-48-45(58)63-30-32-14-4-2-5-15-32)42(54)51-47(59,41(33-16-6-3-7-17-33)34-21-23-36(53)24-22-34)64(60)31-46(25-11-12-26-46)44(57)50-40(43(55)56)28-35-29-49-38-19-9-8-18-37(35)38/h2-9,14-19,21-24,29,39-41,49,52,59H,10-13,20,25-28,30-31H2,1H3,(H4-,48,50,51,53,54,55,56,57,58)/p+1/t39-,40-,41-,47+/m0/s1. The third-order valence-electron chi connectivity index (χ3n) is 11.7. The fraction of sp³-hybridized carbons (Fsp3) is 0.362. The summed E-state index contributed by atoms with van der Waals surface area (Å²) in [5.74, 6) is -4.34. The number of aromatic hydroxyl groups is 1. The molecule has 0 radical (unpaired) electrons. The first-order chi connectivity index (χ1) is 31.1. The molecule has 5 aromatic rings. The monoisotopic (exact) mass is 928 g/mol. The number of carbonyl (C=O) groups excluding carboxylic acids is 3. The molecular formula is C47H55N5O11PS+. The van der Waals surface area contributed by atoms with Crippen molar-refractivity contribution in [1.29, 1.82) is 0 Å². The summed E-state index contributed by atoms with van der Waals surface area (Å²) in [6.07, 6.45) is 3.33. The number of phenolic OH excluding ortho intramolecular Hbond substituents is 1. The number of aromatic nitrogens is 1. The molecule has 1 aliphatic carbocycles. The molecule has 0 aliphatic heterocycles. The lowest BCUT2D eigenvalue weighted by molar-refractivity contribution is -0.143. The quantitative estimate of drug-likeness (QED) is 0.0228. The van der Waals surface area contributed by atoms with Crippen LogP contribution in [0.2, 0.25) is 0 Å². The molecule has 0 saturated heterocycles. The van der Waals surface area contributed by atoms with Gasteiger partial charge in [0.25, 0.3) is 0 Å². The van der Waals surface area contributed by atoms with Crippen molar-refractivity contribution in [3.05, 3.63) is 138 Å². The molecule has 0 bridgehead atoms. The van der Waals surface area contributed by atoms with Crippen LogP contribution in [0.3, 0.4) is 0 Å². The average molecular weight is 929 g/mol. The average Bonchev–Trinajstić information content (AvgIpc) is 3.94. The number of fused-ring (bicyclic) bond motifs is 1. The molecule has 6 rings (SSSR count). The van der Waals surface area contributed by atoms with Gasteiger partial charge in [-0.05, 0) is 72.6 Å². The predicted octanol–water partition coefficient (Wildman–Crippen LogP) is 5.98. The number of nitrogens with one attached hydrogen (secondary N) is 5. The number of benzene rings is 4. The van der Waals surface area contributed by atoms with Crippen molar-refractivity contribution in [3.8, 4) is 5.75 Å². The first-order valence-corrected chi connectivity index (χ1v) is 24.7. The Morgan fingerprint density at radius 2 is 1.49 bits per heavy atom. The number of hydrogen-bond acceptors (Lipinski definition) is 10. The zero-order chi connectivity index (χ0) is 46.6. The Bertz CT molecular complexity index is 2550. The Morgan fingerprint density at radius 1 is 0.862 bits per heavy atom. The fourth-order valence-electron chi connectivity index (χ4n) is 8.39. The van der Waals surface area contributed by atoms with Crippen LogP contribution in [0.1, 0.15) is 73.1 Å². The molecule has 16 nitrogen and oxygen atoms in total. The normalized spacial score (nSPS) is 16.1. The zero-order valence-electron chi connectivity index (χ0n) is 35.9. The van der Waals surface area contributed by atoms with E-state index in [0.717, 1.165) is 22.7 Å². The summed E-state index contributed by atoms with van der Waals surface area (Å²) < 4.78 is 48.2. The Balaban J connectivity index is 1.26. The van der Waals surface area contributed by atoms with Gasteiger partial charge in [0.1, 0.15) is 30.4 Å². The molecule has 3 amide bonds. The third kappa shape index (κ3) is 12.8. The molecule has 1 heterocycles. The first-order valence-electron chi connectivity index (χ1n) is 21.4. The lowest BCUT2D eigenvalue weighted by Gasteiger charge is -2.33. The van der Waals surface area contributed by atoms with Gasteiger partial charge < -0.3 is 35.7 Å². The van der Waals surface area contributed by atoms with E-state index in [4.69, 9.17) is 4.74 Å². The highest BCUT2D eigenvalue weighted by atomic mass is 32.2. The van der Waals surface area contributed by atoms with Crippen molar-refractivity contribution >= 4 is 52.6 Å². The Hall–Kier alpha value is -6.13. The lowest BCUT2D eigenvalue weighted by atomic mass is 9.86. The van der Waals surface area contributed by atoms with Crippen molar-refractivity contribution in [1.82, 2.24) is 25.7 Å². The number of alkyl carbamates (subject to hydrolysis) is 1. The maximum absolute atomic E-state index is 15.3. The van der Waals surface area contributed by atoms with Gasteiger partial charge in [-0.2, -0.15) is 0 Å². The number of carboxylic acids is 1. The van der Waals surface area contributed by atoms with E-state index in [-0.39, 0.29) is 51.0 Å². The van der Waals surface area contributed by atoms with E-state index in [9.17, 15) is 42.9 Å². The van der Waals surface area contributed by atoms with Gasteiger partial charge in [0.15, 0.2) is 6.16 Å². The summed E-state index contributed by atoms with van der Waals surface area (Å²) in [5.41, 5.74) is -1.12. The number of ether oxygens (including phenoxy) is 1. The maximum atomic E-state index is 15.3. The molecule has 1 unspecified atom stereocenters. The molecule has 5 atom stereocenters. The van der Waals surface area contributed by atoms with Crippen LogP contribution < -0.4 is 20.7 Å². The number of unbranched alkanes of at least 4 members (excludes halogenated alkanes) is 1. The van der Waals surface area contributed by atoms with Crippen LogP contribution >= 0.6 is 7.80 Å². The van der Waals surface area contributed by atoms with Crippen molar-refractivity contribution in [2.24, 2.45) is 5.41 Å². The fourth-order valence-corrected chi connectivity index (χ4v) is 11.2. The Morgan fingerprint density at radius 3 is 2.15 bits per heavy atom. The third-order valence-corrected chi connectivity index (χ3v) is 14.5. The molecule has 1 aliphatic rings. The number of sulfonamides is 1. The molecule has 344 valence electrons. The highest BCUT2D eigenvalue weighted by Crippen LogP contribution is 2.54. The first kappa shape index (κ1) is 48.3. The van der Waals surface area contributed by atoms with E-state index in [2.05, 4.69) is 25.7 Å². The number of carboxylic acid groups (broad SMARTS) is 1. The topological polar surface area (TPSA) is 253 Å². The van der Waals surface area contributed by atoms with Crippen molar-refractivity contribution < 1.29 is 52.2 Å². The highest BCUT2D eigenvalue weighted by Gasteiger charge is 2.61. The number of rotatable bonds is 22. The smallest absolute Gasteiger partial charge is 0.407 e. The van der Waals surface area contributed by atoms with Crippen molar-refractivity contribution in [3.63, 3.8) is 0 Å². The van der Waals surface area contributed by atoms with Crippen LogP contribution in [-0.2, 0) is 46.7 Å². The molecule has 18 heteroatoms. The lowest BCUT2D eigenvalue weighted by Crippen LogP contribution is -2.57. The predicted molar refractivity (Wildman–Crippen MR) is 245 cm³/mol. The molecule has 1 aromatic heterocycles. The molecule has 0 spiro atoms. The van der Waals surface area contributed by atoms with Crippen LogP contribution in [0.25, 0.3) is 10.9 Å². The van der Waals surface area contributed by atoms with E-state index in [0.29, 0.717) is 36.0 Å². The Labute approximate surface area is 378 Å². The van der Waals surface area contributed by atoms with Crippen molar-refractivity contribution in [2.75, 3.05) is 19.0 Å². The largest absolute Gasteiger partial charge is 0.508 e.